The Morgan fingerprint density at radius 2 is 1.69 bits per heavy atom. The summed E-state index contributed by atoms with van der Waals surface area (Å²) in [4.78, 5) is 53.3. The smallest absolute Gasteiger partial charge is 0.254 e. The Hall–Kier alpha value is -3.08. The van der Waals surface area contributed by atoms with Gasteiger partial charge < -0.3 is 14.9 Å². The highest BCUT2D eigenvalue weighted by molar-refractivity contribution is 9.09. The minimum absolute atomic E-state index is 0.121. The summed E-state index contributed by atoms with van der Waals surface area (Å²) < 4.78 is 5.23. The predicted octanol–water partition coefficient (Wildman–Crippen LogP) is 4.06. The number of halogens is 3. The maximum atomic E-state index is 13.9. The Balaban J connectivity index is 1.42. The molecule has 0 radical (unpaired) electrons. The molecule has 9 nitrogen and oxygen atoms in total. The molecule has 6 rings (SSSR count). The summed E-state index contributed by atoms with van der Waals surface area (Å²) in [5, 5.41) is 20.7. The van der Waals surface area contributed by atoms with Gasteiger partial charge in [0.05, 0.1) is 24.4 Å². The number of fused-ring (bicyclic) bond motifs is 4. The van der Waals surface area contributed by atoms with Crippen molar-refractivity contribution in [1.82, 2.24) is 9.80 Å². The monoisotopic (exact) mass is 676 g/mol. The number of imide groups is 2. The number of hydrogen-bond acceptors (Lipinski definition) is 7. The molecule has 4 amide bonds. The van der Waals surface area contributed by atoms with Crippen molar-refractivity contribution >= 4 is 62.8 Å². The summed E-state index contributed by atoms with van der Waals surface area (Å²) in [6, 6.07) is 11.1. The van der Waals surface area contributed by atoms with E-state index in [2.05, 4.69) is 15.9 Å². The van der Waals surface area contributed by atoms with Gasteiger partial charge in [0, 0.05) is 24.1 Å². The largest absolute Gasteiger partial charge is 0.508 e. The molecule has 0 bridgehead atoms. The van der Waals surface area contributed by atoms with Crippen molar-refractivity contribution in [3.05, 3.63) is 65.2 Å². The molecular weight excluding hydrogens is 651 g/mol. The lowest BCUT2D eigenvalue weighted by atomic mass is 9.56. The van der Waals surface area contributed by atoms with Gasteiger partial charge in [0.1, 0.15) is 17.2 Å². The maximum Gasteiger partial charge on any atom is 0.254 e. The number of carbonyl (C=O) groups is 4. The van der Waals surface area contributed by atoms with Crippen LogP contribution < -0.4 is 4.74 Å². The van der Waals surface area contributed by atoms with Crippen LogP contribution in [0.1, 0.15) is 29.9 Å². The number of allylic oxidation sites excluding steroid dienone is 2. The SMILES string of the molecule is COc1ccc(C2C3=CCC4C(=O)N(CCc5ccc(O)cc5)C(=O)C4C3CC3(Cl)C(=O)N(CBr)C(=O)C23Cl)c(O)c1. The van der Waals surface area contributed by atoms with E-state index < -0.39 is 45.2 Å². The van der Waals surface area contributed by atoms with Crippen molar-refractivity contribution in [1.29, 1.82) is 0 Å². The third-order valence-electron chi connectivity index (χ3n) is 9.22. The van der Waals surface area contributed by atoms with Gasteiger partial charge in [-0.1, -0.05) is 45.8 Å². The van der Waals surface area contributed by atoms with Crippen molar-refractivity contribution in [3.63, 3.8) is 0 Å². The predicted molar refractivity (Wildman–Crippen MR) is 157 cm³/mol. The number of rotatable bonds is 6. The molecule has 2 N–H and O–H groups in total. The zero-order valence-corrected chi connectivity index (χ0v) is 25.5. The zero-order chi connectivity index (χ0) is 30.1. The Morgan fingerprint density at radius 1 is 0.976 bits per heavy atom. The molecule has 4 aliphatic rings. The second-order valence-corrected chi connectivity index (χ2v) is 12.9. The van der Waals surface area contributed by atoms with E-state index in [9.17, 15) is 29.4 Å². The van der Waals surface area contributed by atoms with Gasteiger partial charge in [-0.15, -0.1) is 23.2 Å². The van der Waals surface area contributed by atoms with Crippen LogP contribution in [0.15, 0.2) is 54.1 Å². The number of alkyl halides is 3. The number of carbonyl (C=O) groups excluding carboxylic acids is 4. The number of amides is 4. The van der Waals surface area contributed by atoms with E-state index in [1.165, 1.54) is 18.1 Å². The minimum atomic E-state index is -2.00. The van der Waals surface area contributed by atoms with E-state index in [1.54, 1.807) is 36.4 Å². The third-order valence-corrected chi connectivity index (χ3v) is 11.1. The van der Waals surface area contributed by atoms with Gasteiger partial charge in [0.15, 0.2) is 9.75 Å². The first-order valence-electron chi connectivity index (χ1n) is 13.5. The van der Waals surface area contributed by atoms with Crippen LogP contribution in [-0.4, -0.2) is 72.5 Å². The van der Waals surface area contributed by atoms with Gasteiger partial charge in [0.2, 0.25) is 11.8 Å². The molecule has 2 aromatic rings. The van der Waals surface area contributed by atoms with Crippen LogP contribution in [0, 0.1) is 17.8 Å². The number of aromatic hydroxyl groups is 2. The van der Waals surface area contributed by atoms with Gasteiger partial charge >= 0.3 is 0 Å². The maximum absolute atomic E-state index is 13.9. The molecular formula is C30H27BrCl2N2O7. The van der Waals surface area contributed by atoms with Crippen molar-refractivity contribution < 1.29 is 34.1 Å². The molecule has 2 heterocycles. The second kappa shape index (κ2) is 10.3. The number of benzene rings is 2. The van der Waals surface area contributed by atoms with Gasteiger partial charge in [0.25, 0.3) is 11.8 Å². The van der Waals surface area contributed by atoms with E-state index in [1.807, 2.05) is 6.08 Å². The molecule has 2 aliphatic carbocycles. The summed E-state index contributed by atoms with van der Waals surface area (Å²) in [5.74, 6) is -4.97. The van der Waals surface area contributed by atoms with Crippen LogP contribution in [0.25, 0.3) is 0 Å². The third kappa shape index (κ3) is 3.94. The standard InChI is InChI=1S/C30H27BrCl2N2O7/c1-42-17-6-7-19(22(37)12-17)24-18-8-9-20-23(21(18)13-29(32)27(40)35(14-31)28(41)30(24,29)33)26(39)34(25(20)38)11-10-15-2-4-16(36)5-3-15/h2-8,12,20-21,23-24,36-37H,9-11,13-14H2,1H3. The van der Waals surface area contributed by atoms with E-state index >= 15 is 0 Å². The molecule has 6 atom stereocenters. The molecule has 42 heavy (non-hydrogen) atoms. The highest BCUT2D eigenvalue weighted by Crippen LogP contribution is 2.66. The van der Waals surface area contributed by atoms with Crippen LogP contribution in [0.5, 0.6) is 17.2 Å². The van der Waals surface area contributed by atoms with Crippen LogP contribution in [0.2, 0.25) is 0 Å². The summed E-state index contributed by atoms with van der Waals surface area (Å²) in [7, 11) is 1.45. The average molecular weight is 678 g/mol. The molecule has 0 spiro atoms. The fraction of sp³-hybridized carbons (Fsp3) is 0.400. The van der Waals surface area contributed by atoms with Gasteiger partial charge in [-0.2, -0.15) is 0 Å². The molecule has 220 valence electrons. The van der Waals surface area contributed by atoms with Gasteiger partial charge in [-0.3, -0.25) is 29.0 Å². The lowest BCUT2D eigenvalue weighted by Crippen LogP contribution is -2.60. The van der Waals surface area contributed by atoms with Crippen molar-refractivity contribution in [2.24, 2.45) is 17.8 Å². The van der Waals surface area contributed by atoms with Gasteiger partial charge in [-0.05, 0) is 48.9 Å². The van der Waals surface area contributed by atoms with Crippen LogP contribution in [-0.2, 0) is 25.6 Å². The molecule has 0 aromatic heterocycles. The number of phenolic OH excluding ortho intramolecular Hbond substituents is 2. The average Bonchev–Trinajstić information content (AvgIpc) is 3.30. The van der Waals surface area contributed by atoms with Crippen LogP contribution in [0.4, 0.5) is 0 Å². The minimum Gasteiger partial charge on any atom is -0.508 e. The van der Waals surface area contributed by atoms with E-state index in [0.717, 1.165) is 10.5 Å². The number of ether oxygens (including phenoxy) is 1. The lowest BCUT2D eigenvalue weighted by molar-refractivity contribution is -0.141. The first-order chi connectivity index (χ1) is 20.0. The number of methoxy groups -OCH3 is 1. The summed E-state index contributed by atoms with van der Waals surface area (Å²) in [5.41, 5.74) is 1.59. The Bertz CT molecular complexity index is 1550. The Kier molecular flexibility index (Phi) is 7.10. The highest BCUT2D eigenvalue weighted by Gasteiger charge is 2.76. The summed E-state index contributed by atoms with van der Waals surface area (Å²) in [6.45, 7) is 0.153. The fourth-order valence-electron chi connectivity index (χ4n) is 7.18. The number of phenols is 2. The van der Waals surface area contributed by atoms with E-state index in [-0.39, 0.29) is 53.7 Å². The Morgan fingerprint density at radius 3 is 2.33 bits per heavy atom. The highest BCUT2D eigenvalue weighted by atomic mass is 79.9. The molecule has 2 aromatic carbocycles. The number of nitrogens with zero attached hydrogens (tertiary/aromatic N) is 2. The Labute approximate surface area is 260 Å². The number of likely N-dealkylation sites (tertiary alicyclic amines) is 2. The molecule has 3 fully saturated rings. The van der Waals surface area contributed by atoms with Crippen LogP contribution >= 0.6 is 39.1 Å². The van der Waals surface area contributed by atoms with E-state index in [0.29, 0.717) is 17.7 Å². The fourth-order valence-corrected chi connectivity index (χ4v) is 8.60. The second-order valence-electron chi connectivity index (χ2n) is 11.2. The number of hydrogen-bond donors (Lipinski definition) is 2. The first kappa shape index (κ1) is 29.0. The first-order valence-corrected chi connectivity index (χ1v) is 15.4. The molecule has 2 aliphatic heterocycles. The molecule has 6 unspecified atom stereocenters. The molecule has 2 saturated heterocycles. The van der Waals surface area contributed by atoms with Crippen molar-refractivity contribution in [2.75, 3.05) is 19.1 Å². The van der Waals surface area contributed by atoms with Gasteiger partial charge in [-0.25, -0.2) is 0 Å². The lowest BCUT2D eigenvalue weighted by Gasteiger charge is -2.50. The van der Waals surface area contributed by atoms with Crippen molar-refractivity contribution in [2.45, 2.75) is 34.9 Å². The quantitative estimate of drug-likeness (QED) is 0.205. The molecule has 12 heteroatoms. The van der Waals surface area contributed by atoms with Crippen molar-refractivity contribution in [3.8, 4) is 17.2 Å². The summed E-state index contributed by atoms with van der Waals surface area (Å²) in [6.07, 6.45) is 2.33. The van der Waals surface area contributed by atoms with Crippen LogP contribution in [0.3, 0.4) is 0 Å². The van der Waals surface area contributed by atoms with E-state index in [4.69, 9.17) is 27.9 Å². The topological polar surface area (TPSA) is 124 Å². The molecule has 1 saturated carbocycles. The normalized spacial score (nSPS) is 32.0. The zero-order valence-electron chi connectivity index (χ0n) is 22.4. The summed E-state index contributed by atoms with van der Waals surface area (Å²) >= 11 is 17.6.